The molecule has 3 rings (SSSR count). The first-order chi connectivity index (χ1) is 8.22. The van der Waals surface area contributed by atoms with E-state index in [4.69, 9.17) is 4.52 Å². The predicted octanol–water partition coefficient (Wildman–Crippen LogP) is 1.96. The van der Waals surface area contributed by atoms with Crippen molar-refractivity contribution in [2.75, 3.05) is 6.54 Å². The summed E-state index contributed by atoms with van der Waals surface area (Å²) in [5, 5.41) is 16.5. The van der Waals surface area contributed by atoms with Gasteiger partial charge in [0.2, 0.25) is 11.7 Å². The molecule has 1 fully saturated rings. The Morgan fingerprint density at radius 3 is 3.06 bits per heavy atom. The molecule has 1 aliphatic heterocycles. The summed E-state index contributed by atoms with van der Waals surface area (Å²) < 4.78 is 6.25. The van der Waals surface area contributed by atoms with Crippen LogP contribution in [0.3, 0.4) is 0 Å². The Labute approximate surface area is 110 Å². The zero-order valence-electron chi connectivity index (χ0n) is 8.76. The first kappa shape index (κ1) is 11.3. The lowest BCUT2D eigenvalue weighted by molar-refractivity contribution is 0.191. The number of aliphatic hydroxyl groups is 1. The highest BCUT2D eigenvalue weighted by atomic mass is 79.9. The SMILES string of the molecule is OC1CN[C@H](c2nc(-c3ccc(Br)s3)no2)C1. The molecule has 0 spiro atoms. The van der Waals surface area contributed by atoms with E-state index in [1.54, 1.807) is 11.3 Å². The van der Waals surface area contributed by atoms with E-state index in [9.17, 15) is 5.11 Å². The fourth-order valence-electron chi connectivity index (χ4n) is 1.82. The molecule has 90 valence electrons. The van der Waals surface area contributed by atoms with Gasteiger partial charge in [0.1, 0.15) is 0 Å². The Morgan fingerprint density at radius 2 is 2.41 bits per heavy atom. The van der Waals surface area contributed by atoms with E-state index in [-0.39, 0.29) is 12.1 Å². The van der Waals surface area contributed by atoms with Crippen molar-refractivity contribution in [2.24, 2.45) is 0 Å². The summed E-state index contributed by atoms with van der Waals surface area (Å²) in [6.45, 7) is 0.576. The number of thiophene rings is 1. The Balaban J connectivity index is 1.83. The maximum absolute atomic E-state index is 9.43. The van der Waals surface area contributed by atoms with Crippen LogP contribution in [0, 0.1) is 0 Å². The molecule has 0 saturated carbocycles. The minimum absolute atomic E-state index is 0.0327. The van der Waals surface area contributed by atoms with E-state index in [2.05, 4.69) is 31.4 Å². The largest absolute Gasteiger partial charge is 0.392 e. The summed E-state index contributed by atoms with van der Waals surface area (Å²) in [5.41, 5.74) is 0. The lowest BCUT2D eigenvalue weighted by atomic mass is 10.2. The molecule has 17 heavy (non-hydrogen) atoms. The van der Waals surface area contributed by atoms with Crippen LogP contribution in [0.25, 0.3) is 10.7 Å². The number of halogens is 1. The van der Waals surface area contributed by atoms with Crippen LogP contribution in [0.5, 0.6) is 0 Å². The Hall–Kier alpha value is -0.760. The number of nitrogens with one attached hydrogen (secondary N) is 1. The van der Waals surface area contributed by atoms with Gasteiger partial charge in [-0.05, 0) is 34.5 Å². The van der Waals surface area contributed by atoms with Crippen LogP contribution in [0.15, 0.2) is 20.4 Å². The molecular weight excluding hydrogens is 306 g/mol. The molecule has 7 heteroatoms. The molecule has 0 aromatic carbocycles. The predicted molar refractivity (Wildman–Crippen MR) is 66.7 cm³/mol. The van der Waals surface area contributed by atoms with Crippen LogP contribution >= 0.6 is 27.3 Å². The summed E-state index contributed by atoms with van der Waals surface area (Å²) in [4.78, 5) is 5.31. The third-order valence-electron chi connectivity index (χ3n) is 2.64. The normalized spacial score (nSPS) is 24.4. The average Bonchev–Trinajstić information content (AvgIpc) is 2.96. The smallest absolute Gasteiger partial charge is 0.244 e. The van der Waals surface area contributed by atoms with Gasteiger partial charge < -0.3 is 14.9 Å². The molecule has 0 amide bonds. The van der Waals surface area contributed by atoms with E-state index in [0.717, 1.165) is 8.66 Å². The average molecular weight is 316 g/mol. The molecule has 1 aliphatic rings. The van der Waals surface area contributed by atoms with E-state index < -0.39 is 0 Å². The number of aliphatic hydroxyl groups excluding tert-OH is 1. The monoisotopic (exact) mass is 315 g/mol. The molecule has 3 heterocycles. The van der Waals surface area contributed by atoms with Gasteiger partial charge in [0, 0.05) is 6.54 Å². The molecule has 0 bridgehead atoms. The van der Waals surface area contributed by atoms with Crippen molar-refractivity contribution in [3.63, 3.8) is 0 Å². The van der Waals surface area contributed by atoms with Crippen molar-refractivity contribution in [1.29, 1.82) is 0 Å². The van der Waals surface area contributed by atoms with Gasteiger partial charge in [0.15, 0.2) is 0 Å². The maximum atomic E-state index is 9.43. The number of β-amino-alcohol motifs (C(OH)–C–C–N with tert-alkyl or cyclic N) is 1. The molecule has 2 aromatic heterocycles. The Morgan fingerprint density at radius 1 is 1.53 bits per heavy atom. The zero-order valence-corrected chi connectivity index (χ0v) is 11.2. The van der Waals surface area contributed by atoms with Crippen molar-refractivity contribution >= 4 is 27.3 Å². The van der Waals surface area contributed by atoms with Crippen LogP contribution in [0.2, 0.25) is 0 Å². The molecule has 1 saturated heterocycles. The van der Waals surface area contributed by atoms with Gasteiger partial charge in [0.05, 0.1) is 20.8 Å². The molecule has 1 unspecified atom stereocenters. The van der Waals surface area contributed by atoms with Crippen LogP contribution in [0.4, 0.5) is 0 Å². The van der Waals surface area contributed by atoms with Gasteiger partial charge in [-0.15, -0.1) is 11.3 Å². The standard InChI is InChI=1S/C10H10BrN3O2S/c11-8-2-1-7(17-8)9-13-10(16-14-9)6-3-5(15)4-12-6/h1-2,5-6,12,15H,3-4H2/t5?,6-/m0/s1. The first-order valence-corrected chi connectivity index (χ1v) is 6.84. The van der Waals surface area contributed by atoms with Crippen molar-refractivity contribution < 1.29 is 9.63 Å². The maximum Gasteiger partial charge on any atom is 0.244 e. The van der Waals surface area contributed by atoms with Crippen molar-refractivity contribution in [3.8, 4) is 10.7 Å². The zero-order chi connectivity index (χ0) is 11.8. The van der Waals surface area contributed by atoms with E-state index in [1.165, 1.54) is 0 Å². The minimum atomic E-state index is -0.328. The second-order valence-electron chi connectivity index (χ2n) is 3.91. The second kappa shape index (κ2) is 4.49. The highest BCUT2D eigenvalue weighted by Crippen LogP contribution is 2.31. The lowest BCUT2D eigenvalue weighted by Crippen LogP contribution is -2.15. The van der Waals surface area contributed by atoms with Gasteiger partial charge in [-0.3, -0.25) is 0 Å². The third-order valence-corrected chi connectivity index (χ3v) is 4.26. The third kappa shape index (κ3) is 2.28. The van der Waals surface area contributed by atoms with Gasteiger partial charge in [-0.1, -0.05) is 5.16 Å². The molecular formula is C10H10BrN3O2S. The molecule has 2 N–H and O–H groups in total. The van der Waals surface area contributed by atoms with Crippen LogP contribution in [-0.2, 0) is 0 Å². The molecule has 2 atom stereocenters. The van der Waals surface area contributed by atoms with E-state index in [1.807, 2.05) is 12.1 Å². The summed E-state index contributed by atoms with van der Waals surface area (Å²) in [5.74, 6) is 1.14. The molecule has 0 radical (unpaired) electrons. The number of hydrogen-bond donors (Lipinski definition) is 2. The van der Waals surface area contributed by atoms with E-state index >= 15 is 0 Å². The lowest BCUT2D eigenvalue weighted by Gasteiger charge is -2.01. The van der Waals surface area contributed by atoms with Gasteiger partial charge in [-0.25, -0.2) is 0 Å². The number of rotatable bonds is 2. The van der Waals surface area contributed by atoms with Gasteiger partial charge >= 0.3 is 0 Å². The van der Waals surface area contributed by atoms with Crippen LogP contribution in [-0.4, -0.2) is 27.9 Å². The Kier molecular flexibility index (Phi) is 2.99. The fourth-order valence-corrected chi connectivity index (χ4v) is 3.13. The summed E-state index contributed by atoms with van der Waals surface area (Å²) in [7, 11) is 0. The molecule has 2 aromatic rings. The summed E-state index contributed by atoms with van der Waals surface area (Å²) in [6, 6.07) is 3.86. The van der Waals surface area contributed by atoms with Crippen molar-refractivity contribution in [1.82, 2.24) is 15.5 Å². The van der Waals surface area contributed by atoms with Crippen LogP contribution in [0.1, 0.15) is 18.4 Å². The minimum Gasteiger partial charge on any atom is -0.392 e. The second-order valence-corrected chi connectivity index (χ2v) is 6.37. The summed E-state index contributed by atoms with van der Waals surface area (Å²) in [6.07, 6.45) is 0.293. The van der Waals surface area contributed by atoms with E-state index in [0.29, 0.717) is 24.7 Å². The topological polar surface area (TPSA) is 71.2 Å². The number of nitrogens with zero attached hydrogens (tertiary/aromatic N) is 2. The Bertz CT molecular complexity index is 527. The van der Waals surface area contributed by atoms with Crippen molar-refractivity contribution in [2.45, 2.75) is 18.6 Å². The number of hydrogen-bond acceptors (Lipinski definition) is 6. The van der Waals surface area contributed by atoms with Gasteiger partial charge in [-0.2, -0.15) is 4.98 Å². The van der Waals surface area contributed by atoms with Crippen LogP contribution < -0.4 is 5.32 Å². The first-order valence-electron chi connectivity index (χ1n) is 5.23. The number of aromatic nitrogens is 2. The quantitative estimate of drug-likeness (QED) is 0.886. The molecule has 5 nitrogen and oxygen atoms in total. The summed E-state index contributed by atoms with van der Waals surface area (Å²) >= 11 is 4.96. The fraction of sp³-hybridized carbons (Fsp3) is 0.400. The highest BCUT2D eigenvalue weighted by Gasteiger charge is 2.28. The highest BCUT2D eigenvalue weighted by molar-refractivity contribution is 9.11. The van der Waals surface area contributed by atoms with Crippen molar-refractivity contribution in [3.05, 3.63) is 21.8 Å². The molecule has 0 aliphatic carbocycles. The van der Waals surface area contributed by atoms with Gasteiger partial charge in [0.25, 0.3) is 0 Å².